The van der Waals surface area contributed by atoms with Gasteiger partial charge in [-0.2, -0.15) is 0 Å². The normalized spacial score (nSPS) is 10.2. The molecule has 0 fully saturated rings. The molecule has 0 aromatic carbocycles. The van der Waals surface area contributed by atoms with Crippen LogP contribution in [0.2, 0.25) is 0 Å². The first-order valence-corrected chi connectivity index (χ1v) is 3.82. The highest BCUT2D eigenvalue weighted by Crippen LogP contribution is 2.03. The Morgan fingerprint density at radius 1 is 1.62 bits per heavy atom. The molecule has 0 aliphatic rings. The van der Waals surface area contributed by atoms with Crippen molar-refractivity contribution in [3.8, 4) is 0 Å². The summed E-state index contributed by atoms with van der Waals surface area (Å²) in [6.07, 6.45) is 3.28. The lowest BCUT2D eigenvalue weighted by Crippen LogP contribution is -2.01. The van der Waals surface area contributed by atoms with Crippen LogP contribution in [0, 0.1) is 0 Å². The Hall–Kier alpha value is -1.91. The number of nitrogens with one attached hydrogen (secondary N) is 1. The van der Waals surface area contributed by atoms with Crippen molar-refractivity contribution in [2.45, 2.75) is 0 Å². The predicted octanol–water partition coefficient (Wildman–Crippen LogP) is 0.374. The molecule has 5 heteroatoms. The first kappa shape index (κ1) is 7.72. The smallest absolute Gasteiger partial charge is 0.231 e. The molecule has 13 heavy (non-hydrogen) atoms. The minimum Gasteiger partial charge on any atom is -0.358 e. The lowest BCUT2D eigenvalue weighted by atomic mass is 10.2. The van der Waals surface area contributed by atoms with Crippen LogP contribution in [0.25, 0.3) is 0 Å². The second kappa shape index (κ2) is 2.85. The van der Waals surface area contributed by atoms with Crippen molar-refractivity contribution in [2.75, 3.05) is 0 Å². The maximum absolute atomic E-state index is 11.6. The molecule has 0 aliphatic heterocycles. The summed E-state index contributed by atoms with van der Waals surface area (Å²) in [7, 11) is 1.72. The molecule has 2 rings (SSSR count). The molecule has 0 atom stereocenters. The van der Waals surface area contributed by atoms with E-state index >= 15 is 0 Å². The molecule has 0 radical (unpaired) electrons. The fraction of sp³-hybridized carbons (Fsp3) is 0.125. The van der Waals surface area contributed by atoms with Crippen LogP contribution in [-0.2, 0) is 7.05 Å². The van der Waals surface area contributed by atoms with Crippen molar-refractivity contribution >= 4 is 5.78 Å². The van der Waals surface area contributed by atoms with Crippen LogP contribution in [0.5, 0.6) is 0 Å². The summed E-state index contributed by atoms with van der Waals surface area (Å²) in [5, 5.41) is 7.39. The van der Waals surface area contributed by atoms with Gasteiger partial charge >= 0.3 is 0 Å². The maximum Gasteiger partial charge on any atom is 0.231 e. The molecule has 66 valence electrons. The molecule has 0 amide bonds. The van der Waals surface area contributed by atoms with Gasteiger partial charge in [0, 0.05) is 13.2 Å². The maximum atomic E-state index is 11.6. The molecule has 0 unspecified atom stereocenters. The summed E-state index contributed by atoms with van der Waals surface area (Å²) in [6, 6.07) is 3.47. The third kappa shape index (κ3) is 1.35. The summed E-state index contributed by atoms with van der Waals surface area (Å²) >= 11 is 0. The van der Waals surface area contributed by atoms with Gasteiger partial charge in [0.15, 0.2) is 5.69 Å². The van der Waals surface area contributed by atoms with E-state index in [1.165, 1.54) is 4.68 Å². The molecular weight excluding hydrogens is 168 g/mol. The van der Waals surface area contributed by atoms with Crippen LogP contribution < -0.4 is 0 Å². The quantitative estimate of drug-likeness (QED) is 0.672. The standard InChI is InChI=1S/C8H8N4O/c1-12-5-7(10-11-12)8(13)6-3-2-4-9-6/h2-5,9H,1H3. The van der Waals surface area contributed by atoms with Gasteiger partial charge in [0.25, 0.3) is 0 Å². The monoisotopic (exact) mass is 176 g/mol. The molecule has 0 bridgehead atoms. The molecule has 0 aliphatic carbocycles. The van der Waals surface area contributed by atoms with Gasteiger partial charge < -0.3 is 4.98 Å². The first-order chi connectivity index (χ1) is 6.27. The molecule has 1 N–H and O–H groups in total. The minimum atomic E-state index is -0.141. The topological polar surface area (TPSA) is 63.6 Å². The largest absolute Gasteiger partial charge is 0.358 e. The van der Waals surface area contributed by atoms with E-state index in [0.29, 0.717) is 11.4 Å². The van der Waals surface area contributed by atoms with Crippen LogP contribution in [-0.4, -0.2) is 25.8 Å². The van der Waals surface area contributed by atoms with Crippen molar-refractivity contribution in [3.63, 3.8) is 0 Å². The van der Waals surface area contributed by atoms with Crippen molar-refractivity contribution in [1.29, 1.82) is 0 Å². The summed E-state index contributed by atoms with van der Waals surface area (Å²) in [6.45, 7) is 0. The number of nitrogens with zero attached hydrogens (tertiary/aromatic N) is 3. The minimum absolute atomic E-state index is 0.141. The molecule has 2 heterocycles. The molecule has 0 spiro atoms. The fourth-order valence-corrected chi connectivity index (χ4v) is 1.06. The van der Waals surface area contributed by atoms with E-state index in [1.54, 1.807) is 31.6 Å². The molecule has 0 saturated heterocycles. The Morgan fingerprint density at radius 2 is 2.46 bits per heavy atom. The highest BCUT2D eigenvalue weighted by atomic mass is 16.1. The van der Waals surface area contributed by atoms with Crippen molar-refractivity contribution in [1.82, 2.24) is 20.0 Å². The van der Waals surface area contributed by atoms with Crippen molar-refractivity contribution in [3.05, 3.63) is 35.9 Å². The Morgan fingerprint density at radius 3 is 3.00 bits per heavy atom. The zero-order valence-electron chi connectivity index (χ0n) is 7.06. The Balaban J connectivity index is 2.33. The van der Waals surface area contributed by atoms with Gasteiger partial charge in [-0.25, -0.2) is 0 Å². The van der Waals surface area contributed by atoms with Gasteiger partial charge in [-0.1, -0.05) is 5.21 Å². The van der Waals surface area contributed by atoms with E-state index in [2.05, 4.69) is 15.3 Å². The van der Waals surface area contributed by atoms with Crippen molar-refractivity contribution < 1.29 is 4.79 Å². The number of hydrogen-bond donors (Lipinski definition) is 1. The molecule has 0 saturated carbocycles. The van der Waals surface area contributed by atoms with E-state index in [4.69, 9.17) is 0 Å². The van der Waals surface area contributed by atoms with Crippen molar-refractivity contribution in [2.24, 2.45) is 7.05 Å². The van der Waals surface area contributed by atoms with E-state index < -0.39 is 0 Å². The van der Waals surface area contributed by atoms with Gasteiger partial charge in [-0.15, -0.1) is 5.10 Å². The number of aromatic nitrogens is 4. The number of hydrogen-bond acceptors (Lipinski definition) is 3. The lowest BCUT2D eigenvalue weighted by molar-refractivity contribution is 0.103. The van der Waals surface area contributed by atoms with E-state index in [1.807, 2.05) is 0 Å². The fourth-order valence-electron chi connectivity index (χ4n) is 1.06. The van der Waals surface area contributed by atoms with Gasteiger partial charge in [0.05, 0.1) is 11.9 Å². The van der Waals surface area contributed by atoms with Gasteiger partial charge in [0.1, 0.15) is 0 Å². The van der Waals surface area contributed by atoms with E-state index in [0.717, 1.165) is 0 Å². The Labute approximate surface area is 74.4 Å². The molecule has 2 aromatic heterocycles. The second-order valence-corrected chi connectivity index (χ2v) is 2.69. The van der Waals surface area contributed by atoms with Crippen LogP contribution in [0.3, 0.4) is 0 Å². The van der Waals surface area contributed by atoms with E-state index in [-0.39, 0.29) is 5.78 Å². The SMILES string of the molecule is Cn1cc(C(=O)c2ccc[nH]2)nn1. The van der Waals surface area contributed by atoms with Gasteiger partial charge in [-0.3, -0.25) is 9.48 Å². The zero-order valence-corrected chi connectivity index (χ0v) is 7.06. The lowest BCUT2D eigenvalue weighted by Gasteiger charge is -1.89. The first-order valence-electron chi connectivity index (χ1n) is 3.82. The third-order valence-electron chi connectivity index (χ3n) is 1.68. The Kier molecular flexibility index (Phi) is 1.70. The van der Waals surface area contributed by atoms with Gasteiger partial charge in [-0.05, 0) is 12.1 Å². The number of carbonyl (C=O) groups excluding carboxylic acids is 1. The Bertz CT molecular complexity index is 415. The number of aryl methyl sites for hydroxylation is 1. The molecular formula is C8H8N4O. The number of carbonyl (C=O) groups is 1. The van der Waals surface area contributed by atoms with Crippen LogP contribution in [0.1, 0.15) is 16.2 Å². The third-order valence-corrected chi connectivity index (χ3v) is 1.68. The molecule has 5 nitrogen and oxygen atoms in total. The number of rotatable bonds is 2. The average Bonchev–Trinajstić information content (AvgIpc) is 2.72. The molecule has 2 aromatic rings. The zero-order chi connectivity index (χ0) is 9.26. The predicted molar refractivity (Wildman–Crippen MR) is 45.2 cm³/mol. The van der Waals surface area contributed by atoms with Crippen LogP contribution in [0.15, 0.2) is 24.5 Å². The highest BCUT2D eigenvalue weighted by Gasteiger charge is 2.12. The summed E-state index contributed by atoms with van der Waals surface area (Å²) < 4.78 is 1.50. The number of ketones is 1. The van der Waals surface area contributed by atoms with E-state index in [9.17, 15) is 4.79 Å². The summed E-state index contributed by atoms with van der Waals surface area (Å²) in [5.74, 6) is -0.141. The van der Waals surface area contributed by atoms with Crippen LogP contribution in [0.4, 0.5) is 0 Å². The highest BCUT2D eigenvalue weighted by molar-refractivity contribution is 6.06. The average molecular weight is 176 g/mol. The summed E-state index contributed by atoms with van der Waals surface area (Å²) in [4.78, 5) is 14.4. The van der Waals surface area contributed by atoms with Gasteiger partial charge in [0.2, 0.25) is 5.78 Å². The summed E-state index contributed by atoms with van der Waals surface area (Å²) in [5.41, 5.74) is 0.880. The number of aromatic amines is 1. The second-order valence-electron chi connectivity index (χ2n) is 2.69. The number of H-pyrrole nitrogens is 1. The van der Waals surface area contributed by atoms with Crippen LogP contribution >= 0.6 is 0 Å².